The van der Waals surface area contributed by atoms with Gasteiger partial charge in [0, 0.05) is 12.3 Å². The fraction of sp³-hybridized carbons (Fsp3) is 0.550. The number of carbonyl (C=O) groups excluding carboxylic acids is 3. The van der Waals surface area contributed by atoms with Gasteiger partial charge in [-0.1, -0.05) is 0 Å². The van der Waals surface area contributed by atoms with Crippen LogP contribution in [0.25, 0.3) is 0 Å². The van der Waals surface area contributed by atoms with E-state index in [4.69, 9.17) is 23.7 Å². The van der Waals surface area contributed by atoms with Gasteiger partial charge in [-0.15, -0.1) is 0 Å². The quantitative estimate of drug-likeness (QED) is 0.543. The summed E-state index contributed by atoms with van der Waals surface area (Å²) in [5.74, 6) is -4.85. The third-order valence-electron chi connectivity index (χ3n) is 5.25. The van der Waals surface area contributed by atoms with Crippen LogP contribution in [0.5, 0.6) is 17.2 Å². The van der Waals surface area contributed by atoms with E-state index in [-0.39, 0.29) is 11.5 Å². The molecule has 1 aromatic carbocycles. The fourth-order valence-electron chi connectivity index (χ4n) is 3.96. The summed E-state index contributed by atoms with van der Waals surface area (Å²) in [5.41, 5.74) is -1.38. The number of hydrogen-bond donors (Lipinski definition) is 1. The number of hydrogen-bond acceptors (Lipinski definition) is 9. The van der Waals surface area contributed by atoms with Crippen LogP contribution in [0.1, 0.15) is 24.8 Å². The molecule has 0 unspecified atom stereocenters. The molecular weight excluding hydrogens is 384 g/mol. The van der Waals surface area contributed by atoms with E-state index in [0.717, 1.165) is 7.11 Å². The van der Waals surface area contributed by atoms with Gasteiger partial charge in [0.05, 0.1) is 47.1 Å². The lowest BCUT2D eigenvalue weighted by Gasteiger charge is -2.43. The lowest BCUT2D eigenvalue weighted by molar-refractivity contribution is -0.170. The summed E-state index contributed by atoms with van der Waals surface area (Å²) in [6, 6.07) is 3.07. The van der Waals surface area contributed by atoms with Gasteiger partial charge in [0.2, 0.25) is 5.75 Å². The Balaban J connectivity index is 2.80. The molecule has 1 aliphatic rings. The number of ether oxygens (including phenoxy) is 5. The Kier molecular flexibility index (Phi) is 6.73. The number of carbonyl (C=O) groups is 3. The molecule has 1 N–H and O–H groups in total. The topological polar surface area (TPSA) is 118 Å². The Hall–Kier alpha value is -2.81. The highest BCUT2D eigenvalue weighted by Gasteiger charge is 2.57. The number of aliphatic hydroxyl groups is 1. The van der Waals surface area contributed by atoms with Crippen LogP contribution < -0.4 is 14.2 Å². The lowest BCUT2D eigenvalue weighted by Crippen LogP contribution is -2.55. The highest BCUT2D eigenvalue weighted by atomic mass is 16.5. The zero-order valence-corrected chi connectivity index (χ0v) is 17.3. The molecule has 160 valence electrons. The zero-order valence-electron chi connectivity index (χ0n) is 17.3. The van der Waals surface area contributed by atoms with Crippen molar-refractivity contribution in [3.63, 3.8) is 0 Å². The van der Waals surface area contributed by atoms with Crippen molar-refractivity contribution >= 4 is 17.7 Å². The maximum atomic E-state index is 12.8. The summed E-state index contributed by atoms with van der Waals surface area (Å²) in [6.45, 7) is 1.37. The lowest BCUT2D eigenvalue weighted by atomic mass is 9.61. The predicted molar refractivity (Wildman–Crippen MR) is 100 cm³/mol. The van der Waals surface area contributed by atoms with E-state index < -0.39 is 47.5 Å². The second-order valence-corrected chi connectivity index (χ2v) is 6.99. The Morgan fingerprint density at radius 3 is 1.90 bits per heavy atom. The van der Waals surface area contributed by atoms with E-state index in [0.29, 0.717) is 11.3 Å². The van der Waals surface area contributed by atoms with Crippen molar-refractivity contribution in [1.82, 2.24) is 0 Å². The number of benzene rings is 1. The fourth-order valence-corrected chi connectivity index (χ4v) is 3.96. The molecule has 0 spiro atoms. The van der Waals surface area contributed by atoms with E-state index in [1.54, 1.807) is 0 Å². The van der Waals surface area contributed by atoms with Crippen molar-refractivity contribution in [2.24, 2.45) is 11.8 Å². The van der Waals surface area contributed by atoms with Gasteiger partial charge < -0.3 is 28.8 Å². The Morgan fingerprint density at radius 2 is 1.48 bits per heavy atom. The van der Waals surface area contributed by atoms with E-state index >= 15 is 0 Å². The van der Waals surface area contributed by atoms with E-state index in [9.17, 15) is 19.5 Å². The van der Waals surface area contributed by atoms with Gasteiger partial charge in [0.15, 0.2) is 17.3 Å². The van der Waals surface area contributed by atoms with Crippen molar-refractivity contribution in [3.8, 4) is 17.2 Å². The molecule has 0 amide bonds. The SMILES string of the molecule is COC(=O)[C@@H]1C(=O)C[C@](C)(O)[C@@H](C(=O)OC)[C@@H]1c1cc(OC)c(OC)c(OC)c1. The molecule has 0 heterocycles. The summed E-state index contributed by atoms with van der Waals surface area (Å²) in [4.78, 5) is 37.9. The van der Waals surface area contributed by atoms with Gasteiger partial charge in [0.25, 0.3) is 0 Å². The van der Waals surface area contributed by atoms with Crippen LogP contribution in [0.2, 0.25) is 0 Å². The molecule has 1 fully saturated rings. The van der Waals surface area contributed by atoms with Crippen molar-refractivity contribution in [2.45, 2.75) is 24.9 Å². The molecule has 0 radical (unpaired) electrons. The number of methoxy groups -OCH3 is 5. The second kappa shape index (κ2) is 8.69. The van der Waals surface area contributed by atoms with Crippen molar-refractivity contribution in [2.75, 3.05) is 35.5 Å². The van der Waals surface area contributed by atoms with Gasteiger partial charge >= 0.3 is 11.9 Å². The van der Waals surface area contributed by atoms with Crippen LogP contribution in [0, 0.1) is 11.8 Å². The van der Waals surface area contributed by atoms with Crippen LogP contribution in [0.4, 0.5) is 0 Å². The summed E-state index contributed by atoms with van der Waals surface area (Å²) < 4.78 is 25.7. The van der Waals surface area contributed by atoms with E-state index in [1.165, 1.54) is 47.5 Å². The number of esters is 2. The summed E-state index contributed by atoms with van der Waals surface area (Å²) in [7, 11) is 6.59. The Bertz CT molecular complexity index is 774. The highest BCUT2D eigenvalue weighted by molar-refractivity contribution is 6.02. The van der Waals surface area contributed by atoms with Gasteiger partial charge in [-0.05, 0) is 24.6 Å². The van der Waals surface area contributed by atoms with Crippen LogP contribution in [-0.2, 0) is 23.9 Å². The average molecular weight is 410 g/mol. The molecule has 0 aromatic heterocycles. The van der Waals surface area contributed by atoms with Gasteiger partial charge in [-0.25, -0.2) is 0 Å². The third kappa shape index (κ3) is 4.00. The zero-order chi connectivity index (χ0) is 21.9. The number of rotatable bonds is 6. The minimum atomic E-state index is -1.74. The first kappa shape index (κ1) is 22.5. The first-order valence-corrected chi connectivity index (χ1v) is 8.87. The van der Waals surface area contributed by atoms with Crippen molar-refractivity contribution in [3.05, 3.63) is 17.7 Å². The Labute approximate surface area is 168 Å². The molecule has 1 aliphatic carbocycles. The van der Waals surface area contributed by atoms with E-state index in [1.807, 2.05) is 0 Å². The molecule has 0 aliphatic heterocycles. The minimum Gasteiger partial charge on any atom is -0.493 e. The standard InChI is InChI=1S/C20H26O9/c1-20(24)9-11(21)15(18(22)28-5)14(16(20)19(23)29-6)10-7-12(25-2)17(27-4)13(8-10)26-3/h7-8,14-16,24H,9H2,1-6H3/t14-,15-,16-,20+/m1/s1. The summed E-state index contributed by atoms with van der Waals surface area (Å²) >= 11 is 0. The third-order valence-corrected chi connectivity index (χ3v) is 5.25. The monoisotopic (exact) mass is 410 g/mol. The molecule has 0 bridgehead atoms. The molecule has 2 rings (SSSR count). The van der Waals surface area contributed by atoms with Gasteiger partial charge in [-0.2, -0.15) is 0 Å². The first-order valence-electron chi connectivity index (χ1n) is 8.87. The van der Waals surface area contributed by atoms with Crippen molar-refractivity contribution < 1.29 is 43.2 Å². The number of Topliss-reactive ketones (excluding diaryl/α,β-unsaturated/α-hetero) is 1. The number of ketones is 1. The van der Waals surface area contributed by atoms with Gasteiger partial charge in [0.1, 0.15) is 5.92 Å². The van der Waals surface area contributed by atoms with E-state index in [2.05, 4.69) is 0 Å². The normalized spacial score (nSPS) is 26.4. The van der Waals surface area contributed by atoms with Crippen LogP contribution in [-0.4, -0.2) is 64.0 Å². The Morgan fingerprint density at radius 1 is 0.966 bits per heavy atom. The predicted octanol–water partition coefficient (Wildman–Crippen LogP) is 1.10. The highest BCUT2D eigenvalue weighted by Crippen LogP contribution is 2.49. The second-order valence-electron chi connectivity index (χ2n) is 6.99. The molecule has 9 nitrogen and oxygen atoms in total. The van der Waals surface area contributed by atoms with Crippen LogP contribution >= 0.6 is 0 Å². The van der Waals surface area contributed by atoms with Gasteiger partial charge in [-0.3, -0.25) is 14.4 Å². The first-order chi connectivity index (χ1) is 13.7. The molecule has 29 heavy (non-hydrogen) atoms. The van der Waals surface area contributed by atoms with Crippen LogP contribution in [0.3, 0.4) is 0 Å². The smallest absolute Gasteiger partial charge is 0.316 e. The maximum Gasteiger partial charge on any atom is 0.316 e. The molecule has 4 atom stereocenters. The molecule has 1 saturated carbocycles. The van der Waals surface area contributed by atoms with Crippen LogP contribution in [0.15, 0.2) is 12.1 Å². The average Bonchev–Trinajstić information content (AvgIpc) is 2.70. The summed E-state index contributed by atoms with van der Waals surface area (Å²) in [5, 5.41) is 10.9. The molecular formula is C20H26O9. The largest absolute Gasteiger partial charge is 0.493 e. The molecule has 1 aromatic rings. The summed E-state index contributed by atoms with van der Waals surface area (Å²) in [6.07, 6.45) is -0.395. The molecule has 0 saturated heterocycles. The van der Waals surface area contributed by atoms with Crippen molar-refractivity contribution in [1.29, 1.82) is 0 Å². The minimum absolute atomic E-state index is 0.270. The maximum absolute atomic E-state index is 12.8. The molecule has 9 heteroatoms.